The van der Waals surface area contributed by atoms with E-state index in [9.17, 15) is 22.8 Å². The molecule has 2 N–H and O–H groups in total. The molecule has 1 aromatic carbocycles. The maximum atomic E-state index is 12.6. The third-order valence-electron chi connectivity index (χ3n) is 5.19. The van der Waals surface area contributed by atoms with Crippen molar-refractivity contribution in [2.45, 2.75) is 49.1 Å². The molecule has 1 heterocycles. The first-order valence-electron chi connectivity index (χ1n) is 8.86. The second-order valence-corrected chi connectivity index (χ2v) is 9.26. The maximum Gasteiger partial charge on any atom is 0.325 e. The fourth-order valence-electron chi connectivity index (χ4n) is 3.65. The molecule has 27 heavy (non-hydrogen) atoms. The largest absolute Gasteiger partial charge is 0.348 e. The van der Waals surface area contributed by atoms with Crippen LogP contribution in [0.4, 0.5) is 4.79 Å². The van der Waals surface area contributed by atoms with Gasteiger partial charge in [-0.1, -0.05) is 25.0 Å². The zero-order chi connectivity index (χ0) is 19.8. The van der Waals surface area contributed by atoms with Crippen molar-refractivity contribution >= 4 is 27.7 Å². The summed E-state index contributed by atoms with van der Waals surface area (Å²) in [6.45, 7) is 1.41. The molecule has 0 radical (unpaired) electrons. The van der Waals surface area contributed by atoms with Crippen molar-refractivity contribution in [1.29, 1.82) is 0 Å². The van der Waals surface area contributed by atoms with Crippen molar-refractivity contribution < 1.29 is 22.8 Å². The zero-order valence-corrected chi connectivity index (χ0v) is 16.1. The Balaban J connectivity index is 1.62. The Kier molecular flexibility index (Phi) is 4.98. The van der Waals surface area contributed by atoms with Gasteiger partial charge in [0.25, 0.3) is 5.91 Å². The minimum atomic E-state index is -3.28. The predicted octanol–water partition coefficient (Wildman–Crippen LogP) is 1.13. The number of carbonyl (C=O) groups excluding carboxylic acids is 3. The molecule has 9 heteroatoms. The molecular weight excluding hydrogens is 370 g/mol. The van der Waals surface area contributed by atoms with Crippen molar-refractivity contribution in [3.8, 4) is 0 Å². The lowest BCUT2D eigenvalue weighted by Crippen LogP contribution is -2.45. The lowest BCUT2D eigenvalue weighted by atomic mass is 9.98. The average molecular weight is 393 g/mol. The SMILES string of the molecule is C[C@@H](NC(=O)CN1C(=O)NC2(CCCC2)C1=O)c1ccc(S(C)(=O)=O)cc1. The lowest BCUT2D eigenvalue weighted by molar-refractivity contribution is -0.135. The summed E-state index contributed by atoms with van der Waals surface area (Å²) in [5.41, 5.74) is -0.106. The monoisotopic (exact) mass is 393 g/mol. The third kappa shape index (κ3) is 3.83. The molecule has 146 valence electrons. The Morgan fingerprint density at radius 3 is 2.37 bits per heavy atom. The van der Waals surface area contributed by atoms with Crippen LogP contribution in [0.25, 0.3) is 0 Å². The highest BCUT2D eigenvalue weighted by atomic mass is 32.2. The number of nitrogens with one attached hydrogen (secondary N) is 2. The van der Waals surface area contributed by atoms with Crippen LogP contribution >= 0.6 is 0 Å². The van der Waals surface area contributed by atoms with E-state index in [0.29, 0.717) is 12.8 Å². The number of amides is 4. The summed E-state index contributed by atoms with van der Waals surface area (Å²) < 4.78 is 23.0. The van der Waals surface area contributed by atoms with Gasteiger partial charge in [0, 0.05) is 6.26 Å². The number of nitrogens with zero attached hydrogens (tertiary/aromatic N) is 1. The van der Waals surface area contributed by atoms with Crippen LogP contribution in [-0.4, -0.2) is 49.5 Å². The standard InChI is InChI=1S/C18H23N3O5S/c1-12(13-5-7-14(8-6-13)27(2,25)26)19-15(22)11-21-16(23)18(20-17(21)24)9-3-4-10-18/h5-8,12H,3-4,9-11H2,1-2H3,(H,19,22)(H,20,24)/t12-/m1/s1. The second-order valence-electron chi connectivity index (χ2n) is 7.24. The molecule has 0 bridgehead atoms. The van der Waals surface area contributed by atoms with Crippen LogP contribution in [0.15, 0.2) is 29.2 Å². The van der Waals surface area contributed by atoms with Crippen LogP contribution in [0.2, 0.25) is 0 Å². The molecule has 2 aliphatic rings. The van der Waals surface area contributed by atoms with Crippen molar-refractivity contribution in [1.82, 2.24) is 15.5 Å². The number of imide groups is 1. The minimum absolute atomic E-state index is 0.200. The van der Waals surface area contributed by atoms with Gasteiger partial charge in [0.05, 0.1) is 10.9 Å². The van der Waals surface area contributed by atoms with Crippen LogP contribution in [0.1, 0.15) is 44.2 Å². The van der Waals surface area contributed by atoms with Crippen LogP contribution < -0.4 is 10.6 Å². The van der Waals surface area contributed by atoms with E-state index < -0.39 is 33.4 Å². The van der Waals surface area contributed by atoms with Crippen molar-refractivity contribution in [3.05, 3.63) is 29.8 Å². The maximum absolute atomic E-state index is 12.6. The van der Waals surface area contributed by atoms with E-state index in [1.165, 1.54) is 12.1 Å². The highest BCUT2D eigenvalue weighted by Gasteiger charge is 2.52. The smallest absolute Gasteiger partial charge is 0.325 e. The molecule has 4 amide bonds. The summed E-state index contributed by atoms with van der Waals surface area (Å²) in [6.07, 6.45) is 4.11. The summed E-state index contributed by atoms with van der Waals surface area (Å²) in [5, 5.41) is 5.48. The summed E-state index contributed by atoms with van der Waals surface area (Å²) >= 11 is 0. The van der Waals surface area contributed by atoms with E-state index in [4.69, 9.17) is 0 Å². The number of benzene rings is 1. The summed E-state index contributed by atoms with van der Waals surface area (Å²) in [7, 11) is -3.28. The van der Waals surface area contributed by atoms with Crippen LogP contribution in [-0.2, 0) is 19.4 Å². The molecule has 1 aliphatic heterocycles. The van der Waals surface area contributed by atoms with Crippen LogP contribution in [0.3, 0.4) is 0 Å². The number of sulfone groups is 1. The van der Waals surface area contributed by atoms with E-state index in [1.54, 1.807) is 19.1 Å². The van der Waals surface area contributed by atoms with Gasteiger partial charge in [-0.2, -0.15) is 0 Å². The van der Waals surface area contributed by atoms with Gasteiger partial charge >= 0.3 is 6.03 Å². The number of hydrogen-bond acceptors (Lipinski definition) is 5. The summed E-state index contributed by atoms with van der Waals surface area (Å²) in [6, 6.07) is 5.29. The van der Waals surface area contributed by atoms with E-state index >= 15 is 0 Å². The van der Waals surface area contributed by atoms with Crippen molar-refractivity contribution in [2.75, 3.05) is 12.8 Å². The van der Waals surface area contributed by atoms with Crippen LogP contribution in [0.5, 0.6) is 0 Å². The fraction of sp³-hybridized carbons (Fsp3) is 0.500. The van der Waals surface area contributed by atoms with E-state index in [2.05, 4.69) is 10.6 Å². The van der Waals surface area contributed by atoms with Gasteiger partial charge in [0.1, 0.15) is 12.1 Å². The van der Waals surface area contributed by atoms with E-state index in [-0.39, 0.29) is 17.3 Å². The summed E-state index contributed by atoms with van der Waals surface area (Å²) in [4.78, 5) is 38.2. The Morgan fingerprint density at radius 1 is 1.22 bits per heavy atom. The van der Waals surface area contributed by atoms with Gasteiger partial charge < -0.3 is 10.6 Å². The van der Waals surface area contributed by atoms with E-state index in [0.717, 1.165) is 29.6 Å². The normalized spacial score (nSPS) is 20.0. The van der Waals surface area contributed by atoms with Gasteiger partial charge in [-0.3, -0.25) is 14.5 Å². The second kappa shape index (κ2) is 6.95. The topological polar surface area (TPSA) is 113 Å². The molecular formula is C18H23N3O5S. The van der Waals surface area contributed by atoms with E-state index in [1.807, 2.05) is 0 Å². The Bertz CT molecular complexity index is 873. The predicted molar refractivity (Wildman–Crippen MR) is 97.6 cm³/mol. The molecule has 3 rings (SSSR count). The molecule has 1 saturated heterocycles. The zero-order valence-electron chi connectivity index (χ0n) is 15.3. The molecule has 2 fully saturated rings. The first-order chi connectivity index (χ1) is 12.6. The van der Waals surface area contributed by atoms with Crippen molar-refractivity contribution in [2.24, 2.45) is 0 Å². The molecule has 1 aliphatic carbocycles. The Labute approximate surface area is 158 Å². The number of hydrogen-bond donors (Lipinski definition) is 2. The molecule has 1 atom stereocenters. The first kappa shape index (κ1) is 19.3. The lowest BCUT2D eigenvalue weighted by Gasteiger charge is -2.20. The molecule has 1 saturated carbocycles. The van der Waals surface area contributed by atoms with Gasteiger partial charge in [-0.25, -0.2) is 13.2 Å². The fourth-order valence-corrected chi connectivity index (χ4v) is 4.29. The highest BCUT2D eigenvalue weighted by Crippen LogP contribution is 2.34. The van der Waals surface area contributed by atoms with Crippen molar-refractivity contribution in [3.63, 3.8) is 0 Å². The Hall–Kier alpha value is -2.42. The minimum Gasteiger partial charge on any atom is -0.348 e. The number of carbonyl (C=O) groups is 3. The Morgan fingerprint density at radius 2 is 1.81 bits per heavy atom. The molecule has 0 aromatic heterocycles. The van der Waals surface area contributed by atoms with Gasteiger partial charge in [-0.05, 0) is 37.5 Å². The quantitative estimate of drug-likeness (QED) is 0.728. The summed E-state index contributed by atoms with van der Waals surface area (Å²) in [5.74, 6) is -0.779. The third-order valence-corrected chi connectivity index (χ3v) is 6.32. The molecule has 0 unspecified atom stereocenters. The first-order valence-corrected chi connectivity index (χ1v) is 10.7. The highest BCUT2D eigenvalue weighted by molar-refractivity contribution is 7.90. The number of urea groups is 1. The number of rotatable bonds is 5. The van der Waals surface area contributed by atoms with Gasteiger partial charge in [0.15, 0.2) is 9.84 Å². The van der Waals surface area contributed by atoms with Gasteiger partial charge in [0.2, 0.25) is 5.91 Å². The molecule has 8 nitrogen and oxygen atoms in total. The van der Waals surface area contributed by atoms with Crippen LogP contribution in [0, 0.1) is 0 Å². The average Bonchev–Trinajstić information content (AvgIpc) is 3.15. The molecule has 1 spiro atoms. The molecule has 1 aromatic rings. The van der Waals surface area contributed by atoms with Gasteiger partial charge in [-0.15, -0.1) is 0 Å².